The van der Waals surface area contributed by atoms with E-state index in [-0.39, 0.29) is 5.78 Å². The molecule has 0 N–H and O–H groups in total. The van der Waals surface area contributed by atoms with Crippen LogP contribution >= 0.6 is 0 Å². The lowest BCUT2D eigenvalue weighted by Crippen LogP contribution is -1.94. The summed E-state index contributed by atoms with van der Waals surface area (Å²) in [5.74, 6) is -0.0582. The van der Waals surface area contributed by atoms with Crippen LogP contribution in [-0.2, 0) is 0 Å². The van der Waals surface area contributed by atoms with E-state index in [0.29, 0.717) is 11.1 Å². The van der Waals surface area contributed by atoms with Crippen molar-refractivity contribution in [3.63, 3.8) is 0 Å². The number of hydrogen-bond donors (Lipinski definition) is 0. The number of nitrogens with zero attached hydrogens (tertiary/aromatic N) is 1. The average molecular weight is 275 g/mol. The lowest BCUT2D eigenvalue weighted by atomic mass is 10.00. The van der Waals surface area contributed by atoms with Gasteiger partial charge in [-0.1, -0.05) is 18.2 Å². The third kappa shape index (κ3) is 3.46. The van der Waals surface area contributed by atoms with Crippen LogP contribution in [0.4, 0.5) is 0 Å². The summed E-state index contributed by atoms with van der Waals surface area (Å²) in [5.41, 5.74) is 5.82. The molecule has 2 nitrogen and oxygen atoms in total. The van der Waals surface area contributed by atoms with Gasteiger partial charge >= 0.3 is 0 Å². The van der Waals surface area contributed by atoms with E-state index in [0.717, 1.165) is 11.1 Å². The first-order chi connectivity index (χ1) is 10.0. The minimum atomic E-state index is -0.0582. The number of nitriles is 1. The highest BCUT2D eigenvalue weighted by Crippen LogP contribution is 2.17. The molecule has 21 heavy (non-hydrogen) atoms. The maximum Gasteiger partial charge on any atom is 0.185 e. The van der Waals surface area contributed by atoms with E-state index in [1.54, 1.807) is 30.3 Å². The second kappa shape index (κ2) is 6.19. The van der Waals surface area contributed by atoms with Gasteiger partial charge in [-0.3, -0.25) is 4.79 Å². The Morgan fingerprint density at radius 2 is 1.62 bits per heavy atom. The monoisotopic (exact) mass is 275 g/mol. The van der Waals surface area contributed by atoms with Crippen LogP contribution in [0.25, 0.3) is 6.08 Å². The number of allylic oxidation sites excluding steroid dienone is 1. The van der Waals surface area contributed by atoms with Crippen LogP contribution in [0.3, 0.4) is 0 Å². The highest BCUT2D eigenvalue weighted by Gasteiger charge is 2.03. The van der Waals surface area contributed by atoms with Crippen molar-refractivity contribution in [3.05, 3.63) is 75.9 Å². The first-order valence-electron chi connectivity index (χ1n) is 6.81. The lowest BCUT2D eigenvalue weighted by Gasteiger charge is -2.06. The van der Waals surface area contributed by atoms with Crippen molar-refractivity contribution in [1.82, 2.24) is 0 Å². The fraction of sp³-hybridized carbons (Fsp3) is 0.158. The van der Waals surface area contributed by atoms with Crippen molar-refractivity contribution in [1.29, 1.82) is 5.26 Å². The summed E-state index contributed by atoms with van der Waals surface area (Å²) in [5, 5.41) is 8.75. The molecule has 0 radical (unpaired) electrons. The SMILES string of the molecule is Cc1cc(C)c(C=CC(=O)c2ccc(C#N)cc2)cc1C. The van der Waals surface area contributed by atoms with Gasteiger partial charge in [0.1, 0.15) is 0 Å². The second-order valence-electron chi connectivity index (χ2n) is 5.18. The van der Waals surface area contributed by atoms with Crippen molar-refractivity contribution in [2.45, 2.75) is 20.8 Å². The van der Waals surface area contributed by atoms with Crippen LogP contribution in [0.1, 0.15) is 38.2 Å². The number of benzene rings is 2. The molecular formula is C19H17NO. The van der Waals surface area contributed by atoms with Gasteiger partial charge in [0.25, 0.3) is 0 Å². The molecule has 2 aromatic carbocycles. The molecule has 0 aliphatic carbocycles. The van der Waals surface area contributed by atoms with Crippen LogP contribution in [0.5, 0.6) is 0 Å². The molecule has 0 unspecified atom stereocenters. The first kappa shape index (κ1) is 14.7. The van der Waals surface area contributed by atoms with Gasteiger partial charge < -0.3 is 0 Å². The van der Waals surface area contributed by atoms with E-state index in [1.807, 2.05) is 19.1 Å². The molecule has 0 saturated carbocycles. The number of hydrogen-bond acceptors (Lipinski definition) is 2. The van der Waals surface area contributed by atoms with Gasteiger partial charge in [0.05, 0.1) is 11.6 Å². The molecule has 0 atom stereocenters. The van der Waals surface area contributed by atoms with Crippen LogP contribution in [0, 0.1) is 32.1 Å². The Kier molecular flexibility index (Phi) is 4.35. The van der Waals surface area contributed by atoms with Crippen molar-refractivity contribution in [2.24, 2.45) is 0 Å². The Morgan fingerprint density at radius 1 is 1.00 bits per heavy atom. The molecule has 0 heterocycles. The quantitative estimate of drug-likeness (QED) is 0.616. The van der Waals surface area contributed by atoms with Crippen LogP contribution in [0.15, 0.2) is 42.5 Å². The zero-order valence-corrected chi connectivity index (χ0v) is 12.5. The fourth-order valence-corrected chi connectivity index (χ4v) is 2.13. The van der Waals surface area contributed by atoms with Crippen LogP contribution in [0.2, 0.25) is 0 Å². The molecule has 2 heteroatoms. The van der Waals surface area contributed by atoms with E-state index in [9.17, 15) is 4.79 Å². The number of aryl methyl sites for hydroxylation is 3. The summed E-state index contributed by atoms with van der Waals surface area (Å²) in [6.45, 7) is 6.19. The van der Waals surface area contributed by atoms with Gasteiger partial charge in [-0.05, 0) is 73.4 Å². The molecule has 0 spiro atoms. The lowest BCUT2D eigenvalue weighted by molar-refractivity contribution is 0.104. The molecule has 0 aliphatic heterocycles. The molecule has 0 fully saturated rings. The van der Waals surface area contributed by atoms with Crippen LogP contribution < -0.4 is 0 Å². The van der Waals surface area contributed by atoms with Crippen molar-refractivity contribution in [3.8, 4) is 6.07 Å². The zero-order valence-electron chi connectivity index (χ0n) is 12.5. The van der Waals surface area contributed by atoms with Gasteiger partial charge in [0, 0.05) is 5.56 Å². The minimum Gasteiger partial charge on any atom is -0.289 e. The Morgan fingerprint density at radius 3 is 2.24 bits per heavy atom. The summed E-state index contributed by atoms with van der Waals surface area (Å²) >= 11 is 0. The van der Waals surface area contributed by atoms with Gasteiger partial charge in [0.2, 0.25) is 0 Å². The summed E-state index contributed by atoms with van der Waals surface area (Å²) in [4.78, 5) is 12.1. The zero-order chi connectivity index (χ0) is 15.4. The van der Waals surface area contributed by atoms with E-state index >= 15 is 0 Å². The van der Waals surface area contributed by atoms with Crippen molar-refractivity contribution >= 4 is 11.9 Å². The summed E-state index contributed by atoms with van der Waals surface area (Å²) < 4.78 is 0. The average Bonchev–Trinajstić information content (AvgIpc) is 2.49. The molecule has 0 bridgehead atoms. The van der Waals surface area contributed by atoms with Crippen molar-refractivity contribution < 1.29 is 4.79 Å². The van der Waals surface area contributed by atoms with Gasteiger partial charge in [-0.15, -0.1) is 0 Å². The largest absolute Gasteiger partial charge is 0.289 e. The summed E-state index contributed by atoms with van der Waals surface area (Å²) in [6.07, 6.45) is 3.43. The molecular weight excluding hydrogens is 258 g/mol. The first-order valence-corrected chi connectivity index (χ1v) is 6.81. The topological polar surface area (TPSA) is 40.9 Å². The maximum atomic E-state index is 12.1. The Bertz CT molecular complexity index is 746. The number of carbonyl (C=O) groups excluding carboxylic acids is 1. The summed E-state index contributed by atoms with van der Waals surface area (Å²) in [6, 6.07) is 12.9. The minimum absolute atomic E-state index is 0.0582. The number of rotatable bonds is 3. The second-order valence-corrected chi connectivity index (χ2v) is 5.18. The standard InChI is InChI=1S/C19H17NO/c1-13-10-15(3)18(11-14(13)2)8-9-19(21)17-6-4-16(12-20)5-7-17/h4-11H,1-3H3. The molecule has 0 saturated heterocycles. The molecule has 0 aromatic heterocycles. The van der Waals surface area contributed by atoms with E-state index < -0.39 is 0 Å². The van der Waals surface area contributed by atoms with Crippen molar-refractivity contribution in [2.75, 3.05) is 0 Å². The van der Waals surface area contributed by atoms with E-state index in [1.165, 1.54) is 11.1 Å². The van der Waals surface area contributed by atoms with Gasteiger partial charge in [-0.2, -0.15) is 5.26 Å². The van der Waals surface area contributed by atoms with Crippen LogP contribution in [-0.4, -0.2) is 5.78 Å². The highest BCUT2D eigenvalue weighted by atomic mass is 16.1. The Hall–Kier alpha value is -2.66. The normalized spacial score (nSPS) is 10.6. The predicted octanol–water partition coefficient (Wildman–Crippen LogP) is 4.38. The van der Waals surface area contributed by atoms with Gasteiger partial charge in [-0.25, -0.2) is 0 Å². The molecule has 0 aliphatic rings. The van der Waals surface area contributed by atoms with Gasteiger partial charge in [0.15, 0.2) is 5.78 Å². The smallest absolute Gasteiger partial charge is 0.185 e. The number of ketones is 1. The fourth-order valence-electron chi connectivity index (χ4n) is 2.13. The molecule has 0 amide bonds. The Labute approximate surface area is 125 Å². The molecule has 104 valence electrons. The maximum absolute atomic E-state index is 12.1. The Balaban J connectivity index is 2.22. The molecule has 2 rings (SSSR count). The van der Waals surface area contributed by atoms with E-state index in [2.05, 4.69) is 26.0 Å². The molecule has 2 aromatic rings. The third-order valence-electron chi connectivity index (χ3n) is 3.60. The predicted molar refractivity (Wildman–Crippen MR) is 85.2 cm³/mol. The number of carbonyl (C=O) groups is 1. The van der Waals surface area contributed by atoms with E-state index in [4.69, 9.17) is 5.26 Å². The third-order valence-corrected chi connectivity index (χ3v) is 3.60. The highest BCUT2D eigenvalue weighted by molar-refractivity contribution is 6.06. The summed E-state index contributed by atoms with van der Waals surface area (Å²) in [7, 11) is 0.